The summed E-state index contributed by atoms with van der Waals surface area (Å²) in [7, 11) is 0. The number of nitrogens with one attached hydrogen (secondary N) is 2. The van der Waals surface area contributed by atoms with Gasteiger partial charge in [0.2, 0.25) is 0 Å². The number of anilines is 2. The van der Waals surface area contributed by atoms with Gasteiger partial charge in [0, 0.05) is 43.5 Å². The third-order valence-electron chi connectivity index (χ3n) is 6.28. The first-order valence-corrected chi connectivity index (χ1v) is 11.5. The van der Waals surface area contributed by atoms with Crippen molar-refractivity contribution >= 4 is 34.9 Å². The largest absolute Gasteiger partial charge is 0.451 e. The summed E-state index contributed by atoms with van der Waals surface area (Å²) >= 11 is 6.08. The number of rotatable bonds is 4. The van der Waals surface area contributed by atoms with Crippen LogP contribution >= 0.6 is 11.6 Å². The number of nitrogens with zero attached hydrogens (tertiary/aromatic N) is 2. The Labute approximate surface area is 197 Å². The van der Waals surface area contributed by atoms with E-state index in [1.807, 2.05) is 23.1 Å². The number of furan rings is 1. The maximum absolute atomic E-state index is 13.1. The van der Waals surface area contributed by atoms with Crippen molar-refractivity contribution in [3.63, 3.8) is 0 Å². The molecule has 3 amide bonds. The molecular formula is C25H25ClN4O3. The van der Waals surface area contributed by atoms with Crippen molar-refractivity contribution in [1.29, 1.82) is 0 Å². The Morgan fingerprint density at radius 3 is 2.39 bits per heavy atom. The van der Waals surface area contributed by atoms with Crippen molar-refractivity contribution < 1.29 is 14.0 Å². The number of benzene rings is 2. The SMILES string of the molecule is O=C(Nc1ccc(-c2ccc(C(=O)N3CCN4CCC3CC4)o2)cc1)Nc1ccccc1Cl. The van der Waals surface area contributed by atoms with Crippen molar-refractivity contribution in [2.45, 2.75) is 18.9 Å². The second-order valence-electron chi connectivity index (χ2n) is 8.37. The van der Waals surface area contributed by atoms with Gasteiger partial charge >= 0.3 is 6.03 Å². The lowest BCUT2D eigenvalue weighted by molar-refractivity contribution is 0.0653. The average molecular weight is 465 g/mol. The van der Waals surface area contributed by atoms with E-state index in [4.69, 9.17) is 16.0 Å². The highest BCUT2D eigenvalue weighted by molar-refractivity contribution is 6.33. The molecule has 33 heavy (non-hydrogen) atoms. The predicted molar refractivity (Wildman–Crippen MR) is 129 cm³/mol. The van der Waals surface area contributed by atoms with E-state index in [9.17, 15) is 9.59 Å². The lowest BCUT2D eigenvalue weighted by Gasteiger charge is -2.30. The van der Waals surface area contributed by atoms with Crippen molar-refractivity contribution in [3.8, 4) is 11.3 Å². The highest BCUT2D eigenvalue weighted by Gasteiger charge is 2.33. The molecule has 0 atom stereocenters. The molecule has 0 unspecified atom stereocenters. The summed E-state index contributed by atoms with van der Waals surface area (Å²) in [5.74, 6) is 0.949. The van der Waals surface area contributed by atoms with Gasteiger partial charge in [-0.2, -0.15) is 0 Å². The minimum atomic E-state index is -0.385. The van der Waals surface area contributed by atoms with Gasteiger partial charge in [0.1, 0.15) is 5.76 Å². The van der Waals surface area contributed by atoms with Gasteiger partial charge in [-0.15, -0.1) is 0 Å². The Hall–Kier alpha value is -3.29. The number of piperidine rings is 1. The van der Waals surface area contributed by atoms with Crippen LogP contribution < -0.4 is 10.6 Å². The van der Waals surface area contributed by atoms with Crippen LogP contribution in [0.1, 0.15) is 23.4 Å². The number of halogens is 1. The molecule has 3 aliphatic heterocycles. The molecule has 4 heterocycles. The monoisotopic (exact) mass is 464 g/mol. The third-order valence-corrected chi connectivity index (χ3v) is 6.61. The smallest absolute Gasteiger partial charge is 0.323 e. The predicted octanol–water partition coefficient (Wildman–Crippen LogP) is 5.16. The first-order valence-electron chi connectivity index (χ1n) is 11.1. The van der Waals surface area contributed by atoms with E-state index in [0.717, 1.165) is 44.6 Å². The van der Waals surface area contributed by atoms with E-state index in [1.165, 1.54) is 0 Å². The van der Waals surface area contributed by atoms with Crippen molar-refractivity contribution in [2.75, 3.05) is 36.8 Å². The van der Waals surface area contributed by atoms with Crippen LogP contribution in [0.5, 0.6) is 0 Å². The molecule has 6 rings (SSSR count). The third kappa shape index (κ3) is 4.74. The summed E-state index contributed by atoms with van der Waals surface area (Å²) in [6, 6.07) is 17.8. The molecule has 1 aromatic heterocycles. The van der Waals surface area contributed by atoms with Gasteiger partial charge in [0.15, 0.2) is 5.76 Å². The summed E-state index contributed by atoms with van der Waals surface area (Å²) in [6.07, 6.45) is 2.05. The number of fused-ring (bicyclic) bond motifs is 4. The molecule has 3 aromatic rings. The Morgan fingerprint density at radius 2 is 1.64 bits per heavy atom. The number of carbonyl (C=O) groups excluding carboxylic acids is 2. The van der Waals surface area contributed by atoms with Crippen molar-refractivity contribution in [1.82, 2.24) is 9.80 Å². The lowest BCUT2D eigenvalue weighted by Crippen LogP contribution is -2.41. The van der Waals surface area contributed by atoms with Crippen LogP contribution in [0.2, 0.25) is 5.02 Å². The summed E-state index contributed by atoms with van der Waals surface area (Å²) in [6.45, 7) is 3.80. The van der Waals surface area contributed by atoms with E-state index >= 15 is 0 Å². The van der Waals surface area contributed by atoms with Gasteiger partial charge in [-0.05, 0) is 61.4 Å². The molecule has 0 saturated carbocycles. The standard InChI is InChI=1S/C25H25ClN4O3/c26-20-3-1-2-4-21(20)28-25(32)27-18-7-5-17(6-8-18)22-9-10-23(33-22)24(31)30-16-15-29-13-11-19(30)12-14-29/h1-10,19H,11-16H2,(H2,27,28,32). The van der Waals surface area contributed by atoms with E-state index in [-0.39, 0.29) is 11.9 Å². The van der Waals surface area contributed by atoms with Crippen LogP contribution in [0, 0.1) is 0 Å². The van der Waals surface area contributed by atoms with Crippen LogP contribution in [0.4, 0.5) is 16.2 Å². The number of hydrogen-bond acceptors (Lipinski definition) is 4. The fourth-order valence-electron chi connectivity index (χ4n) is 4.47. The van der Waals surface area contributed by atoms with Gasteiger partial charge in [0.05, 0.1) is 10.7 Å². The van der Waals surface area contributed by atoms with Crippen LogP contribution in [0.25, 0.3) is 11.3 Å². The van der Waals surface area contributed by atoms with Gasteiger partial charge in [-0.3, -0.25) is 4.79 Å². The summed E-state index contributed by atoms with van der Waals surface area (Å²) in [5.41, 5.74) is 1.99. The van der Waals surface area contributed by atoms with Gasteiger partial charge in [-0.25, -0.2) is 4.79 Å². The van der Waals surface area contributed by atoms with Crippen molar-refractivity contribution in [3.05, 3.63) is 71.4 Å². The molecule has 8 heteroatoms. The normalized spacial score (nSPS) is 19.7. The quantitative estimate of drug-likeness (QED) is 0.558. The van der Waals surface area contributed by atoms with E-state index in [2.05, 4.69) is 15.5 Å². The first-order chi connectivity index (χ1) is 16.1. The zero-order chi connectivity index (χ0) is 22.8. The fraction of sp³-hybridized carbons (Fsp3) is 0.280. The van der Waals surface area contributed by atoms with E-state index in [0.29, 0.717) is 34.0 Å². The Morgan fingerprint density at radius 1 is 0.879 bits per heavy atom. The minimum absolute atomic E-state index is 0.0375. The molecule has 0 spiro atoms. The average Bonchev–Trinajstić information content (AvgIpc) is 3.13. The minimum Gasteiger partial charge on any atom is -0.451 e. The molecule has 3 saturated heterocycles. The highest BCUT2D eigenvalue weighted by atomic mass is 35.5. The maximum Gasteiger partial charge on any atom is 0.323 e. The molecule has 0 aliphatic carbocycles. The molecular weight excluding hydrogens is 440 g/mol. The molecule has 2 bridgehead atoms. The molecule has 2 aromatic carbocycles. The van der Waals surface area contributed by atoms with Gasteiger partial charge in [-0.1, -0.05) is 23.7 Å². The fourth-order valence-corrected chi connectivity index (χ4v) is 4.65. The topological polar surface area (TPSA) is 77.8 Å². The zero-order valence-electron chi connectivity index (χ0n) is 18.1. The van der Waals surface area contributed by atoms with E-state index < -0.39 is 0 Å². The Balaban J connectivity index is 1.23. The second kappa shape index (κ2) is 9.29. The number of carbonyl (C=O) groups is 2. The molecule has 2 N–H and O–H groups in total. The molecule has 7 nitrogen and oxygen atoms in total. The first kappa shape index (κ1) is 21.6. The van der Waals surface area contributed by atoms with Crippen LogP contribution in [-0.2, 0) is 0 Å². The number of amides is 3. The van der Waals surface area contributed by atoms with Crippen LogP contribution in [0.3, 0.4) is 0 Å². The summed E-state index contributed by atoms with van der Waals surface area (Å²) < 4.78 is 5.93. The van der Waals surface area contributed by atoms with E-state index in [1.54, 1.807) is 42.5 Å². The molecule has 3 fully saturated rings. The molecule has 0 radical (unpaired) electrons. The molecule has 3 aliphatic rings. The summed E-state index contributed by atoms with van der Waals surface area (Å²) in [4.78, 5) is 29.7. The number of hydrogen-bond donors (Lipinski definition) is 2. The zero-order valence-corrected chi connectivity index (χ0v) is 18.8. The van der Waals surface area contributed by atoms with Gasteiger partial charge < -0.3 is 24.9 Å². The van der Waals surface area contributed by atoms with Crippen molar-refractivity contribution in [2.24, 2.45) is 0 Å². The van der Waals surface area contributed by atoms with Crippen LogP contribution in [-0.4, -0.2) is 54.0 Å². The lowest BCUT2D eigenvalue weighted by atomic mass is 10.1. The Bertz CT molecular complexity index is 1150. The maximum atomic E-state index is 13.1. The number of para-hydroxylation sites is 1. The molecule has 170 valence electrons. The Kier molecular flexibility index (Phi) is 6.07. The highest BCUT2D eigenvalue weighted by Crippen LogP contribution is 2.27. The van der Waals surface area contributed by atoms with Gasteiger partial charge in [0.25, 0.3) is 5.91 Å². The van der Waals surface area contributed by atoms with Crippen LogP contribution in [0.15, 0.2) is 65.1 Å². The summed E-state index contributed by atoms with van der Waals surface area (Å²) in [5, 5.41) is 5.97. The second-order valence-corrected chi connectivity index (χ2v) is 8.78. The number of urea groups is 1.